The summed E-state index contributed by atoms with van der Waals surface area (Å²) in [5.41, 5.74) is 5.67. The average molecular weight is 837 g/mol. The number of nitrogens with zero attached hydrogens (tertiary/aromatic N) is 2. The second kappa shape index (κ2) is 17.2. The van der Waals surface area contributed by atoms with Crippen molar-refractivity contribution in [2.45, 2.75) is 178 Å². The molecule has 0 aliphatic carbocycles. The van der Waals surface area contributed by atoms with Gasteiger partial charge in [0.15, 0.2) is 0 Å². The van der Waals surface area contributed by atoms with Crippen LogP contribution in [0.15, 0.2) is 58.3 Å². The lowest BCUT2D eigenvalue weighted by atomic mass is 9.89. The fourth-order valence-electron chi connectivity index (χ4n) is 8.90. The van der Waals surface area contributed by atoms with Crippen molar-refractivity contribution < 1.29 is 36.6 Å². The third-order valence-electron chi connectivity index (χ3n) is 12.1. The van der Waals surface area contributed by atoms with E-state index >= 15 is 16.8 Å². The maximum atomic E-state index is 15.2. The highest BCUT2D eigenvalue weighted by molar-refractivity contribution is 7.89. The van der Waals surface area contributed by atoms with Crippen LogP contribution < -0.4 is 0 Å². The van der Waals surface area contributed by atoms with Crippen LogP contribution in [0, 0.1) is 0 Å². The summed E-state index contributed by atoms with van der Waals surface area (Å²) in [5, 5.41) is 21.0. The second-order valence-corrected chi connectivity index (χ2v) is 21.8. The Balaban J connectivity index is 1.69. The summed E-state index contributed by atoms with van der Waals surface area (Å²) in [6, 6.07) is 10.4. The molecule has 3 aromatic rings. The predicted octanol–water partition coefficient (Wildman–Crippen LogP) is 10.4. The van der Waals surface area contributed by atoms with Gasteiger partial charge in [-0.2, -0.15) is 8.61 Å². The van der Waals surface area contributed by atoms with Gasteiger partial charge in [0.1, 0.15) is 12.1 Å². The van der Waals surface area contributed by atoms with Crippen LogP contribution in [0.2, 0.25) is 0 Å². The Morgan fingerprint density at radius 3 is 1.03 bits per heavy atom. The Labute approximate surface area is 347 Å². The van der Waals surface area contributed by atoms with Crippen LogP contribution in [-0.4, -0.2) is 59.7 Å². The normalized spacial score (nSPS) is 21.1. The number of carboxylic acids is 2. The number of carboxylic acid groups (broad SMARTS) is 2. The summed E-state index contributed by atoms with van der Waals surface area (Å²) in [6.07, 6.45) is 0.656. The van der Waals surface area contributed by atoms with Crippen LogP contribution in [0.4, 0.5) is 0 Å². The van der Waals surface area contributed by atoms with Crippen molar-refractivity contribution >= 4 is 32.0 Å². The molecular weight excluding hydrogens is 773 g/mol. The Bertz CT molecular complexity index is 2050. The van der Waals surface area contributed by atoms with Crippen molar-refractivity contribution in [2.75, 3.05) is 0 Å². The first-order chi connectivity index (χ1) is 26.9. The SMILES string of the molecule is CC(C)c1cc(C(C)C)c(S(=O)(=O)N2[C@@H](c3cccc([C@H]4CC[C@@H](C(=O)O)N4S(=O)(=O)c4c(C(C)C)cc(C(C)C)cc4C(C)C)c3)CC[C@H]2C(=O)O)c(C(C)C)c1. The minimum atomic E-state index is -4.41. The summed E-state index contributed by atoms with van der Waals surface area (Å²) in [6.45, 7) is 23.8. The van der Waals surface area contributed by atoms with Gasteiger partial charge in [0.25, 0.3) is 0 Å². The van der Waals surface area contributed by atoms with Gasteiger partial charge in [-0.05, 0) is 106 Å². The topological polar surface area (TPSA) is 149 Å². The lowest BCUT2D eigenvalue weighted by Gasteiger charge is -2.33. The fourth-order valence-corrected chi connectivity index (χ4v) is 13.9. The van der Waals surface area contributed by atoms with Crippen LogP contribution in [0.25, 0.3) is 0 Å². The third kappa shape index (κ3) is 8.40. The van der Waals surface area contributed by atoms with Crippen molar-refractivity contribution in [3.63, 3.8) is 0 Å². The van der Waals surface area contributed by atoms with Gasteiger partial charge in [-0.1, -0.05) is 132 Å². The monoisotopic (exact) mass is 836 g/mol. The first kappa shape index (κ1) is 45.5. The van der Waals surface area contributed by atoms with E-state index in [0.29, 0.717) is 33.4 Å². The highest BCUT2D eigenvalue weighted by atomic mass is 32.2. The zero-order valence-electron chi connectivity index (χ0n) is 36.3. The van der Waals surface area contributed by atoms with E-state index in [-0.39, 0.29) is 71.0 Å². The Morgan fingerprint density at radius 1 is 0.500 bits per heavy atom. The third-order valence-corrected chi connectivity index (χ3v) is 16.2. The van der Waals surface area contributed by atoms with Crippen LogP contribution in [0.1, 0.15) is 201 Å². The zero-order valence-corrected chi connectivity index (χ0v) is 37.9. The molecule has 318 valence electrons. The minimum Gasteiger partial charge on any atom is -0.480 e. The summed E-state index contributed by atoms with van der Waals surface area (Å²) in [7, 11) is -8.83. The molecule has 2 fully saturated rings. The first-order valence-electron chi connectivity index (χ1n) is 20.9. The van der Waals surface area contributed by atoms with Crippen LogP contribution in [0.3, 0.4) is 0 Å². The van der Waals surface area contributed by atoms with Crippen LogP contribution in [-0.2, 0) is 29.6 Å². The lowest BCUT2D eigenvalue weighted by Crippen LogP contribution is -2.43. The highest BCUT2D eigenvalue weighted by Crippen LogP contribution is 2.48. The fraction of sp³-hybridized carbons (Fsp3) is 0.565. The van der Waals surface area contributed by atoms with Gasteiger partial charge in [0.2, 0.25) is 20.0 Å². The standard InChI is InChI=1S/C46H64N2O8S2/c1-25(2)33-21-35(27(5)6)43(36(22-33)28(7)8)57(53,54)47-39(16-18-41(47)45(49)50)31-14-13-15-32(20-31)40-17-19-42(46(51)52)48(40)58(55,56)44-37(29(9)10)23-34(26(3)4)24-38(44)30(11)12/h13-15,20-30,39-42H,16-19H2,1-12H3,(H,49,50)(H,51,52)/t39-,40-,41+,42+/m1/s1. The second-order valence-electron chi connectivity index (χ2n) is 18.2. The molecule has 10 nitrogen and oxygen atoms in total. The van der Waals surface area contributed by atoms with Crippen molar-refractivity contribution in [2.24, 2.45) is 0 Å². The van der Waals surface area contributed by atoms with E-state index in [9.17, 15) is 19.8 Å². The van der Waals surface area contributed by atoms with Gasteiger partial charge in [-0.15, -0.1) is 0 Å². The summed E-state index contributed by atoms with van der Waals surface area (Å²) >= 11 is 0. The number of carbonyl (C=O) groups is 2. The van der Waals surface area contributed by atoms with Crippen LogP contribution >= 0.6 is 0 Å². The molecule has 0 bridgehead atoms. The van der Waals surface area contributed by atoms with Crippen molar-refractivity contribution in [1.29, 1.82) is 0 Å². The molecule has 2 heterocycles. The zero-order chi connectivity index (χ0) is 43.3. The van der Waals surface area contributed by atoms with Crippen molar-refractivity contribution in [3.8, 4) is 0 Å². The number of hydrogen-bond acceptors (Lipinski definition) is 6. The molecule has 2 N–H and O–H groups in total. The van der Waals surface area contributed by atoms with Gasteiger partial charge >= 0.3 is 11.9 Å². The first-order valence-corrected chi connectivity index (χ1v) is 23.8. The van der Waals surface area contributed by atoms with E-state index in [1.807, 2.05) is 79.7 Å². The molecule has 0 saturated carbocycles. The molecule has 3 aromatic carbocycles. The summed E-state index contributed by atoms with van der Waals surface area (Å²) in [5.74, 6) is -2.84. The molecule has 58 heavy (non-hydrogen) atoms. The smallest absolute Gasteiger partial charge is 0.322 e. The Morgan fingerprint density at radius 2 is 0.793 bits per heavy atom. The molecule has 0 spiro atoms. The highest BCUT2D eigenvalue weighted by Gasteiger charge is 2.50. The molecular formula is C46H64N2O8S2. The number of aliphatic carboxylic acids is 2. The van der Waals surface area contributed by atoms with E-state index in [2.05, 4.69) is 27.7 Å². The Hall–Kier alpha value is -3.58. The quantitative estimate of drug-likeness (QED) is 0.163. The van der Waals surface area contributed by atoms with Gasteiger partial charge in [-0.3, -0.25) is 9.59 Å². The molecule has 2 aliphatic heterocycles. The van der Waals surface area contributed by atoms with E-state index in [0.717, 1.165) is 11.1 Å². The van der Waals surface area contributed by atoms with Crippen molar-refractivity contribution in [3.05, 3.63) is 93.0 Å². The summed E-state index contributed by atoms with van der Waals surface area (Å²) in [4.78, 5) is 26.1. The van der Waals surface area contributed by atoms with E-state index in [4.69, 9.17) is 0 Å². The van der Waals surface area contributed by atoms with E-state index < -0.39 is 56.2 Å². The molecule has 2 saturated heterocycles. The molecule has 0 aromatic heterocycles. The lowest BCUT2D eigenvalue weighted by molar-refractivity contribution is -0.141. The molecule has 0 amide bonds. The van der Waals surface area contributed by atoms with Crippen LogP contribution in [0.5, 0.6) is 0 Å². The molecule has 4 atom stereocenters. The van der Waals surface area contributed by atoms with Gasteiger partial charge < -0.3 is 10.2 Å². The maximum absolute atomic E-state index is 15.2. The maximum Gasteiger partial charge on any atom is 0.322 e. The number of rotatable bonds is 14. The largest absolute Gasteiger partial charge is 0.480 e. The minimum absolute atomic E-state index is 0.0922. The van der Waals surface area contributed by atoms with Crippen molar-refractivity contribution in [1.82, 2.24) is 8.61 Å². The van der Waals surface area contributed by atoms with E-state index in [1.165, 1.54) is 8.61 Å². The molecule has 5 rings (SSSR count). The molecule has 0 radical (unpaired) electrons. The summed E-state index contributed by atoms with van der Waals surface area (Å²) < 4.78 is 63.2. The van der Waals surface area contributed by atoms with Gasteiger partial charge in [-0.25, -0.2) is 16.8 Å². The van der Waals surface area contributed by atoms with Gasteiger partial charge in [0, 0.05) is 0 Å². The molecule has 2 aliphatic rings. The van der Waals surface area contributed by atoms with E-state index in [1.54, 1.807) is 24.3 Å². The predicted molar refractivity (Wildman–Crippen MR) is 229 cm³/mol. The Kier molecular flexibility index (Phi) is 13.5. The average Bonchev–Trinajstić information content (AvgIpc) is 3.81. The molecule has 12 heteroatoms. The number of hydrogen-bond donors (Lipinski definition) is 2. The molecule has 0 unspecified atom stereocenters. The number of sulfonamides is 2. The number of benzene rings is 3. The van der Waals surface area contributed by atoms with Gasteiger partial charge in [0.05, 0.1) is 21.9 Å².